The maximum Gasteiger partial charge on any atom is 0.257 e. The average Bonchev–Trinajstić information content (AvgIpc) is 3.01. The largest absolute Gasteiger partial charge is 0.493 e. The lowest BCUT2D eigenvalue weighted by molar-refractivity contribution is 0.0234. The molecule has 1 unspecified atom stereocenters. The van der Waals surface area contributed by atoms with Crippen molar-refractivity contribution in [1.29, 1.82) is 0 Å². The van der Waals surface area contributed by atoms with Gasteiger partial charge < -0.3 is 20.1 Å². The van der Waals surface area contributed by atoms with E-state index in [1.54, 1.807) is 24.4 Å². The van der Waals surface area contributed by atoms with Crippen LogP contribution in [-0.4, -0.2) is 28.3 Å². The van der Waals surface area contributed by atoms with E-state index in [0.717, 1.165) is 15.5 Å². The van der Waals surface area contributed by atoms with Crippen molar-refractivity contribution >= 4 is 39.4 Å². The van der Waals surface area contributed by atoms with E-state index in [1.807, 2.05) is 13.0 Å². The van der Waals surface area contributed by atoms with Gasteiger partial charge in [0.05, 0.1) is 12.2 Å². The van der Waals surface area contributed by atoms with Crippen molar-refractivity contribution in [2.24, 2.45) is 0 Å². The molecule has 0 saturated carbocycles. The Morgan fingerprint density at radius 2 is 2.11 bits per heavy atom. The number of halogens is 2. The van der Waals surface area contributed by atoms with Gasteiger partial charge >= 0.3 is 0 Å². The van der Waals surface area contributed by atoms with Gasteiger partial charge in [-0.3, -0.25) is 4.79 Å². The van der Waals surface area contributed by atoms with Crippen LogP contribution in [0.3, 0.4) is 0 Å². The number of rotatable bonds is 7. The number of carbonyl (C=O) groups is 1. The summed E-state index contributed by atoms with van der Waals surface area (Å²) in [7, 11) is 0. The third-order valence-corrected chi connectivity index (χ3v) is 4.97. The highest BCUT2D eigenvalue weighted by Crippen LogP contribution is 2.25. The van der Waals surface area contributed by atoms with Crippen molar-refractivity contribution < 1.29 is 19.0 Å². The molecule has 1 aromatic heterocycles. The Morgan fingerprint density at radius 1 is 1.32 bits per heavy atom. The predicted octanol–water partition coefficient (Wildman–Crippen LogP) is 4.38. The Bertz CT molecular complexity index is 1000. The molecular weight excluding hydrogens is 474 g/mol. The van der Waals surface area contributed by atoms with Crippen LogP contribution in [0.1, 0.15) is 36.2 Å². The Hall–Kier alpha value is -2.13. The molecule has 28 heavy (non-hydrogen) atoms. The van der Waals surface area contributed by atoms with Gasteiger partial charge in [-0.05, 0) is 77.9 Å². The summed E-state index contributed by atoms with van der Waals surface area (Å²) in [6.45, 7) is 4.00. The van der Waals surface area contributed by atoms with Crippen LogP contribution in [0, 0.1) is 9.39 Å². The van der Waals surface area contributed by atoms with Gasteiger partial charge in [0.2, 0.25) is 0 Å². The second kappa shape index (κ2) is 8.48. The molecule has 0 bridgehead atoms. The number of nitrogens with one attached hydrogen (secondary N) is 2. The second-order valence-electron chi connectivity index (χ2n) is 6.90. The quantitative estimate of drug-likeness (QED) is 0.336. The van der Waals surface area contributed by atoms with Gasteiger partial charge in [0, 0.05) is 27.1 Å². The molecule has 0 aliphatic carbocycles. The molecule has 0 aliphatic rings. The highest BCUT2D eigenvalue weighted by atomic mass is 127. The fraction of sp³-hybridized carbons (Fsp3) is 0.286. The lowest BCUT2D eigenvalue weighted by Gasteiger charge is -2.25. The molecule has 5 nitrogen and oxygen atoms in total. The number of aromatic nitrogens is 1. The maximum atomic E-state index is 13.6. The molecule has 0 fully saturated rings. The van der Waals surface area contributed by atoms with E-state index in [-0.39, 0.29) is 12.2 Å². The first-order valence-corrected chi connectivity index (χ1v) is 10.1. The van der Waals surface area contributed by atoms with Crippen molar-refractivity contribution in [2.45, 2.75) is 32.4 Å². The summed E-state index contributed by atoms with van der Waals surface area (Å²) >= 11 is 2.12. The standard InChI is InChI=1S/C21H22FIN2O3/c1-3-8-28-19-7-5-15(23)10-17(19)20(26)25-21(2,27)11-13-12-24-18-6-4-14(22)9-16(13)18/h4-7,9-10,12,24,27H,3,8,11H2,1-2H3,(H,25,26). The highest BCUT2D eigenvalue weighted by molar-refractivity contribution is 14.1. The minimum atomic E-state index is -1.53. The smallest absolute Gasteiger partial charge is 0.257 e. The molecule has 0 radical (unpaired) electrons. The van der Waals surface area contributed by atoms with Crippen LogP contribution in [0.25, 0.3) is 10.9 Å². The van der Waals surface area contributed by atoms with Crippen molar-refractivity contribution in [1.82, 2.24) is 10.3 Å². The van der Waals surface area contributed by atoms with Crippen LogP contribution in [0.4, 0.5) is 4.39 Å². The number of H-pyrrole nitrogens is 1. The van der Waals surface area contributed by atoms with Gasteiger partial charge in [-0.15, -0.1) is 0 Å². The maximum absolute atomic E-state index is 13.6. The summed E-state index contributed by atoms with van der Waals surface area (Å²) in [6.07, 6.45) is 2.66. The zero-order valence-electron chi connectivity index (χ0n) is 15.7. The van der Waals surface area contributed by atoms with Crippen molar-refractivity contribution in [3.8, 4) is 5.75 Å². The van der Waals surface area contributed by atoms with Gasteiger partial charge in [-0.25, -0.2) is 4.39 Å². The number of ether oxygens (including phenoxy) is 1. The fourth-order valence-electron chi connectivity index (χ4n) is 3.04. The molecule has 1 heterocycles. The van der Waals surface area contributed by atoms with E-state index in [0.29, 0.717) is 28.9 Å². The van der Waals surface area contributed by atoms with E-state index in [9.17, 15) is 14.3 Å². The monoisotopic (exact) mass is 496 g/mol. The molecule has 0 saturated heterocycles. The van der Waals surface area contributed by atoms with Crippen molar-refractivity contribution in [2.75, 3.05) is 6.61 Å². The first-order chi connectivity index (χ1) is 13.3. The van der Waals surface area contributed by atoms with Gasteiger partial charge in [0.25, 0.3) is 5.91 Å². The van der Waals surface area contributed by atoms with Crippen LogP contribution in [0.15, 0.2) is 42.6 Å². The Morgan fingerprint density at radius 3 is 2.86 bits per heavy atom. The van der Waals surface area contributed by atoms with E-state index in [1.165, 1.54) is 19.1 Å². The van der Waals surface area contributed by atoms with E-state index in [2.05, 4.69) is 32.9 Å². The third kappa shape index (κ3) is 4.82. The number of aliphatic hydroxyl groups is 1. The topological polar surface area (TPSA) is 74.3 Å². The summed E-state index contributed by atoms with van der Waals surface area (Å²) in [4.78, 5) is 15.9. The molecule has 3 N–H and O–H groups in total. The Kier molecular flexibility index (Phi) is 6.24. The van der Waals surface area contributed by atoms with Gasteiger partial charge in [-0.1, -0.05) is 6.92 Å². The molecular formula is C21H22FIN2O3. The number of hydrogen-bond acceptors (Lipinski definition) is 3. The SMILES string of the molecule is CCCOc1ccc(I)cc1C(=O)NC(C)(O)Cc1c[nH]c2ccc(F)cc12. The summed E-state index contributed by atoms with van der Waals surface area (Å²) in [5.41, 5.74) is 0.323. The minimum absolute atomic E-state index is 0.122. The molecule has 1 atom stereocenters. The van der Waals surface area contributed by atoms with E-state index >= 15 is 0 Å². The fourth-order valence-corrected chi connectivity index (χ4v) is 3.53. The molecule has 7 heteroatoms. The molecule has 148 valence electrons. The van der Waals surface area contributed by atoms with E-state index in [4.69, 9.17) is 4.74 Å². The zero-order chi connectivity index (χ0) is 20.3. The molecule has 3 aromatic rings. The summed E-state index contributed by atoms with van der Waals surface area (Å²) in [6, 6.07) is 9.76. The first-order valence-electron chi connectivity index (χ1n) is 9.02. The normalized spacial score (nSPS) is 13.3. The van der Waals surface area contributed by atoms with E-state index < -0.39 is 11.6 Å². The van der Waals surface area contributed by atoms with Gasteiger partial charge in [-0.2, -0.15) is 0 Å². The molecule has 3 rings (SSSR count). The van der Waals surface area contributed by atoms with Gasteiger partial charge in [0.15, 0.2) is 0 Å². The molecule has 0 aliphatic heterocycles. The molecule has 1 amide bonds. The lowest BCUT2D eigenvalue weighted by Crippen LogP contribution is -2.47. The summed E-state index contributed by atoms with van der Waals surface area (Å²) in [5, 5.41) is 14.1. The number of benzene rings is 2. The lowest BCUT2D eigenvalue weighted by atomic mass is 10.0. The Balaban J connectivity index is 1.81. The van der Waals surface area contributed by atoms with Gasteiger partial charge in [0.1, 0.15) is 17.3 Å². The molecule has 0 spiro atoms. The van der Waals surface area contributed by atoms with Crippen LogP contribution < -0.4 is 10.1 Å². The zero-order valence-corrected chi connectivity index (χ0v) is 17.8. The number of carbonyl (C=O) groups excluding carboxylic acids is 1. The highest BCUT2D eigenvalue weighted by Gasteiger charge is 2.27. The van der Waals surface area contributed by atoms with Crippen LogP contribution in [0.2, 0.25) is 0 Å². The number of fused-ring (bicyclic) bond motifs is 1. The summed E-state index contributed by atoms with van der Waals surface area (Å²) < 4.78 is 20.1. The van der Waals surface area contributed by atoms with Crippen LogP contribution in [0.5, 0.6) is 5.75 Å². The average molecular weight is 496 g/mol. The Labute approximate surface area is 176 Å². The van der Waals surface area contributed by atoms with Crippen molar-refractivity contribution in [3.05, 3.63) is 63.1 Å². The summed E-state index contributed by atoms with van der Waals surface area (Å²) in [5.74, 6) is -0.307. The first kappa shape index (κ1) is 20.6. The van der Waals surface area contributed by atoms with Crippen LogP contribution >= 0.6 is 22.6 Å². The van der Waals surface area contributed by atoms with Crippen molar-refractivity contribution in [3.63, 3.8) is 0 Å². The second-order valence-corrected chi connectivity index (χ2v) is 8.14. The number of hydrogen-bond donors (Lipinski definition) is 3. The number of amides is 1. The number of aromatic amines is 1. The van der Waals surface area contributed by atoms with Crippen LogP contribution in [-0.2, 0) is 6.42 Å². The molecule has 2 aromatic carbocycles. The minimum Gasteiger partial charge on any atom is -0.493 e. The predicted molar refractivity (Wildman–Crippen MR) is 115 cm³/mol. The third-order valence-electron chi connectivity index (χ3n) is 4.29.